The van der Waals surface area contributed by atoms with Crippen molar-refractivity contribution in [2.24, 2.45) is 11.8 Å². The summed E-state index contributed by atoms with van der Waals surface area (Å²) in [6.45, 7) is 6.62. The molecule has 0 saturated heterocycles. The molecule has 0 aromatic heterocycles. The Labute approximate surface area is 125 Å². The number of amides is 2. The Morgan fingerprint density at radius 2 is 1.90 bits per heavy atom. The predicted octanol–water partition coefficient (Wildman–Crippen LogP) is 2.13. The van der Waals surface area contributed by atoms with Gasteiger partial charge in [-0.1, -0.05) is 18.2 Å². The van der Waals surface area contributed by atoms with Crippen molar-refractivity contribution in [1.29, 1.82) is 0 Å². The maximum Gasteiger partial charge on any atom is 0.230 e. The van der Waals surface area contributed by atoms with Crippen LogP contribution in [0.1, 0.15) is 32.8 Å². The largest absolute Gasteiger partial charge is 0.351 e. The van der Waals surface area contributed by atoms with Crippen molar-refractivity contribution in [2.45, 2.75) is 39.2 Å². The molecule has 0 bridgehead atoms. The number of benzene rings is 1. The highest BCUT2D eigenvalue weighted by atomic mass is 16.2. The Kier molecular flexibility index (Phi) is 3.27. The van der Waals surface area contributed by atoms with Gasteiger partial charge in [-0.2, -0.15) is 0 Å². The summed E-state index contributed by atoms with van der Waals surface area (Å²) in [7, 11) is 0. The summed E-state index contributed by atoms with van der Waals surface area (Å²) in [4.78, 5) is 26.6. The molecule has 0 spiro atoms. The lowest BCUT2D eigenvalue weighted by Crippen LogP contribution is -2.42. The third-order valence-corrected chi connectivity index (χ3v) is 4.10. The van der Waals surface area contributed by atoms with Gasteiger partial charge < -0.3 is 10.2 Å². The van der Waals surface area contributed by atoms with Crippen LogP contribution in [0.25, 0.3) is 0 Å². The first kappa shape index (κ1) is 14.1. The fraction of sp³-hybridized carbons (Fsp3) is 0.529. The number of nitrogens with zero attached hydrogens (tertiary/aromatic N) is 1. The van der Waals surface area contributed by atoms with E-state index in [4.69, 9.17) is 0 Å². The molecular weight excluding hydrogens is 264 g/mol. The molecule has 1 aliphatic heterocycles. The maximum absolute atomic E-state index is 12.6. The Morgan fingerprint density at radius 3 is 2.62 bits per heavy atom. The number of anilines is 1. The first-order valence-electron chi connectivity index (χ1n) is 7.58. The lowest BCUT2D eigenvalue weighted by molar-refractivity contribution is -0.127. The van der Waals surface area contributed by atoms with Gasteiger partial charge in [-0.05, 0) is 45.2 Å². The highest BCUT2D eigenvalue weighted by molar-refractivity contribution is 6.02. The van der Waals surface area contributed by atoms with Gasteiger partial charge in [0.1, 0.15) is 0 Å². The van der Waals surface area contributed by atoms with E-state index in [9.17, 15) is 9.59 Å². The number of nitrogens with one attached hydrogen (secondary N) is 1. The third kappa shape index (κ3) is 2.80. The molecule has 4 heteroatoms. The average Bonchev–Trinajstić information content (AvgIpc) is 3.09. The molecule has 112 valence electrons. The molecule has 1 aromatic rings. The van der Waals surface area contributed by atoms with E-state index < -0.39 is 0 Å². The number of hydrogen-bond donors (Lipinski definition) is 1. The topological polar surface area (TPSA) is 49.4 Å². The van der Waals surface area contributed by atoms with E-state index in [-0.39, 0.29) is 29.2 Å². The molecule has 21 heavy (non-hydrogen) atoms. The molecule has 1 aliphatic carbocycles. The zero-order valence-corrected chi connectivity index (χ0v) is 12.8. The summed E-state index contributed by atoms with van der Waals surface area (Å²) in [6, 6.07) is 8.02. The van der Waals surface area contributed by atoms with Gasteiger partial charge >= 0.3 is 0 Å². The fourth-order valence-corrected chi connectivity index (χ4v) is 2.99. The molecule has 2 unspecified atom stereocenters. The van der Waals surface area contributed by atoms with E-state index in [0.717, 1.165) is 18.7 Å². The minimum Gasteiger partial charge on any atom is -0.351 e. The second-order valence-electron chi connectivity index (χ2n) is 7.06. The van der Waals surface area contributed by atoms with Gasteiger partial charge in [-0.15, -0.1) is 0 Å². The molecule has 4 nitrogen and oxygen atoms in total. The predicted molar refractivity (Wildman–Crippen MR) is 82.0 cm³/mol. The Balaban J connectivity index is 1.65. The lowest BCUT2D eigenvalue weighted by Gasteiger charge is -2.21. The first-order chi connectivity index (χ1) is 9.87. The van der Waals surface area contributed by atoms with E-state index in [0.29, 0.717) is 6.42 Å². The van der Waals surface area contributed by atoms with E-state index >= 15 is 0 Å². The van der Waals surface area contributed by atoms with Gasteiger partial charge in [0.2, 0.25) is 11.8 Å². The van der Waals surface area contributed by atoms with Gasteiger partial charge in [0.15, 0.2) is 0 Å². The highest BCUT2D eigenvalue weighted by Crippen LogP contribution is 2.42. The van der Waals surface area contributed by atoms with Crippen LogP contribution in [-0.4, -0.2) is 23.9 Å². The fourth-order valence-electron chi connectivity index (χ4n) is 2.99. The van der Waals surface area contributed by atoms with Crippen LogP contribution in [-0.2, 0) is 16.0 Å². The number of carbonyl (C=O) groups is 2. The van der Waals surface area contributed by atoms with Crippen molar-refractivity contribution < 1.29 is 9.59 Å². The third-order valence-electron chi connectivity index (χ3n) is 4.10. The zero-order chi connectivity index (χ0) is 15.2. The van der Waals surface area contributed by atoms with Crippen LogP contribution in [0.5, 0.6) is 0 Å². The van der Waals surface area contributed by atoms with E-state index in [2.05, 4.69) is 11.4 Å². The second kappa shape index (κ2) is 4.86. The van der Waals surface area contributed by atoms with Gasteiger partial charge in [-0.3, -0.25) is 9.59 Å². The van der Waals surface area contributed by atoms with Crippen LogP contribution in [0.3, 0.4) is 0 Å². The molecule has 1 heterocycles. The summed E-state index contributed by atoms with van der Waals surface area (Å²) in [5, 5.41) is 2.97. The van der Waals surface area contributed by atoms with Crippen LogP contribution >= 0.6 is 0 Å². The molecule has 2 atom stereocenters. The number of hydrogen-bond acceptors (Lipinski definition) is 2. The molecule has 1 fully saturated rings. The summed E-state index contributed by atoms with van der Waals surface area (Å²) >= 11 is 0. The molecule has 1 N–H and O–H groups in total. The molecular formula is C17H22N2O2. The second-order valence-corrected chi connectivity index (χ2v) is 7.06. The van der Waals surface area contributed by atoms with Gasteiger partial charge in [0.25, 0.3) is 0 Å². The van der Waals surface area contributed by atoms with Crippen LogP contribution in [0, 0.1) is 11.8 Å². The monoisotopic (exact) mass is 286 g/mol. The number of fused-ring (bicyclic) bond motifs is 1. The zero-order valence-electron chi connectivity index (χ0n) is 12.8. The van der Waals surface area contributed by atoms with Gasteiger partial charge in [0, 0.05) is 17.8 Å². The van der Waals surface area contributed by atoms with E-state index in [1.165, 1.54) is 5.56 Å². The normalized spacial score (nSPS) is 23.7. The SMILES string of the molecule is CC(C)(C)NC(=O)C1CC1C(=O)N1CCc2ccccc21. The maximum atomic E-state index is 12.6. The van der Waals surface area contributed by atoms with Crippen molar-refractivity contribution in [2.75, 3.05) is 11.4 Å². The van der Waals surface area contributed by atoms with E-state index in [1.807, 2.05) is 43.9 Å². The van der Waals surface area contributed by atoms with Crippen LogP contribution in [0.15, 0.2) is 24.3 Å². The standard InChI is InChI=1S/C17H22N2O2/c1-17(2,3)18-15(20)12-10-13(12)16(21)19-9-8-11-6-4-5-7-14(11)19/h4-7,12-13H,8-10H2,1-3H3,(H,18,20). The summed E-state index contributed by atoms with van der Waals surface area (Å²) in [5.74, 6) is -0.176. The molecule has 2 aliphatic rings. The van der Waals surface area contributed by atoms with Gasteiger partial charge in [-0.25, -0.2) is 0 Å². The molecule has 2 amide bonds. The summed E-state index contributed by atoms with van der Waals surface area (Å²) < 4.78 is 0. The molecule has 1 aromatic carbocycles. The first-order valence-corrected chi connectivity index (χ1v) is 7.58. The lowest BCUT2D eigenvalue weighted by atomic mass is 10.1. The van der Waals surface area contributed by atoms with Crippen LogP contribution < -0.4 is 10.2 Å². The quantitative estimate of drug-likeness (QED) is 0.905. The molecule has 3 rings (SSSR count). The minimum atomic E-state index is -0.243. The van der Waals surface area contributed by atoms with Gasteiger partial charge in [0.05, 0.1) is 11.8 Å². The Hall–Kier alpha value is -1.84. The molecule has 0 radical (unpaired) electrons. The number of para-hydroxylation sites is 1. The minimum absolute atomic E-state index is 0.00771. The Bertz CT molecular complexity index is 589. The highest BCUT2D eigenvalue weighted by Gasteiger charge is 2.50. The Morgan fingerprint density at radius 1 is 1.19 bits per heavy atom. The number of carbonyl (C=O) groups excluding carboxylic acids is 2. The summed E-state index contributed by atoms with van der Waals surface area (Å²) in [6.07, 6.45) is 1.59. The molecule has 1 saturated carbocycles. The van der Waals surface area contributed by atoms with Crippen molar-refractivity contribution in [3.05, 3.63) is 29.8 Å². The van der Waals surface area contributed by atoms with Crippen molar-refractivity contribution in [3.8, 4) is 0 Å². The average molecular weight is 286 g/mol. The summed E-state index contributed by atoms with van der Waals surface area (Å²) in [5.41, 5.74) is 2.00. The van der Waals surface area contributed by atoms with Crippen molar-refractivity contribution in [3.63, 3.8) is 0 Å². The van der Waals surface area contributed by atoms with Crippen molar-refractivity contribution >= 4 is 17.5 Å². The van der Waals surface area contributed by atoms with Crippen LogP contribution in [0.4, 0.5) is 5.69 Å². The van der Waals surface area contributed by atoms with Crippen molar-refractivity contribution in [1.82, 2.24) is 5.32 Å². The number of rotatable bonds is 2. The van der Waals surface area contributed by atoms with E-state index in [1.54, 1.807) is 0 Å². The smallest absolute Gasteiger partial charge is 0.230 e. The van der Waals surface area contributed by atoms with Crippen LogP contribution in [0.2, 0.25) is 0 Å².